The molecule has 0 N–H and O–H groups in total. The van der Waals surface area contributed by atoms with Crippen molar-refractivity contribution in [3.8, 4) is 0 Å². The third-order valence-corrected chi connectivity index (χ3v) is 5.68. The average molecular weight is 312 g/mol. The maximum atomic E-state index is 12.6. The number of nitrogens with zero attached hydrogens (tertiary/aromatic N) is 2. The molecule has 0 aliphatic heterocycles. The van der Waals surface area contributed by atoms with Crippen molar-refractivity contribution in [1.82, 2.24) is 9.29 Å². The summed E-state index contributed by atoms with van der Waals surface area (Å²) >= 11 is 1.44. The Labute approximate surface area is 122 Å². The number of rotatable bonds is 5. The fourth-order valence-electron chi connectivity index (χ4n) is 1.87. The molecule has 0 aliphatic carbocycles. The van der Waals surface area contributed by atoms with Gasteiger partial charge in [-0.25, -0.2) is 8.42 Å². The summed E-state index contributed by atoms with van der Waals surface area (Å²) in [6, 6.07) is 3.16. The Morgan fingerprint density at radius 1 is 1.45 bits per heavy atom. The standard InChI is InChI=1S/C13H16N2O3S2/c1-9(2)15(8-10(3)16)20(17,18)11-6-13-12(14-7-11)4-5-19-13/h4-7,9H,8H2,1-3H3. The van der Waals surface area contributed by atoms with Crippen LogP contribution in [0.15, 0.2) is 28.6 Å². The molecule has 0 fully saturated rings. The van der Waals surface area contributed by atoms with Crippen molar-refractivity contribution in [2.24, 2.45) is 0 Å². The molecular formula is C13H16N2O3S2. The molecule has 0 atom stereocenters. The van der Waals surface area contributed by atoms with Gasteiger partial charge in [0.1, 0.15) is 10.7 Å². The van der Waals surface area contributed by atoms with E-state index in [1.807, 2.05) is 11.4 Å². The lowest BCUT2D eigenvalue weighted by molar-refractivity contribution is -0.117. The van der Waals surface area contributed by atoms with E-state index in [0.29, 0.717) is 0 Å². The number of Topliss-reactive ketones (excluding diaryl/α,β-unsaturated/α-hetero) is 1. The minimum Gasteiger partial charge on any atom is -0.299 e. The van der Waals surface area contributed by atoms with Crippen LogP contribution < -0.4 is 0 Å². The van der Waals surface area contributed by atoms with E-state index < -0.39 is 10.0 Å². The Morgan fingerprint density at radius 2 is 2.15 bits per heavy atom. The van der Waals surface area contributed by atoms with Crippen LogP contribution >= 0.6 is 11.3 Å². The Morgan fingerprint density at radius 3 is 2.75 bits per heavy atom. The Bertz CT molecular complexity index is 735. The molecule has 7 heteroatoms. The van der Waals surface area contributed by atoms with E-state index in [4.69, 9.17) is 0 Å². The van der Waals surface area contributed by atoms with Gasteiger partial charge in [0.05, 0.1) is 16.8 Å². The molecule has 108 valence electrons. The van der Waals surface area contributed by atoms with E-state index in [1.54, 1.807) is 19.9 Å². The molecule has 2 aromatic rings. The number of fused-ring (bicyclic) bond motifs is 1. The number of hydrogen-bond donors (Lipinski definition) is 0. The third-order valence-electron chi connectivity index (χ3n) is 2.84. The number of sulfonamides is 1. The van der Waals surface area contributed by atoms with E-state index in [9.17, 15) is 13.2 Å². The van der Waals surface area contributed by atoms with E-state index in [0.717, 1.165) is 10.2 Å². The van der Waals surface area contributed by atoms with Crippen LogP contribution in [0.1, 0.15) is 20.8 Å². The highest BCUT2D eigenvalue weighted by atomic mass is 32.2. The first-order chi connectivity index (χ1) is 9.32. The molecule has 2 aromatic heterocycles. The van der Waals surface area contributed by atoms with Gasteiger partial charge in [-0.15, -0.1) is 11.3 Å². The van der Waals surface area contributed by atoms with Gasteiger partial charge in [-0.2, -0.15) is 4.31 Å². The first kappa shape index (κ1) is 15.1. The van der Waals surface area contributed by atoms with E-state index in [1.165, 1.54) is 28.8 Å². The minimum atomic E-state index is -3.71. The second-order valence-corrected chi connectivity index (χ2v) is 7.66. The molecule has 20 heavy (non-hydrogen) atoms. The monoisotopic (exact) mass is 312 g/mol. The van der Waals surface area contributed by atoms with Gasteiger partial charge in [0.25, 0.3) is 0 Å². The van der Waals surface area contributed by atoms with Crippen LogP contribution in [0, 0.1) is 0 Å². The average Bonchev–Trinajstić information content (AvgIpc) is 2.82. The molecule has 0 aliphatic rings. The normalized spacial score (nSPS) is 12.4. The Balaban J connectivity index is 2.48. The summed E-state index contributed by atoms with van der Waals surface area (Å²) in [5.41, 5.74) is 0.775. The SMILES string of the molecule is CC(=O)CN(C(C)C)S(=O)(=O)c1cnc2ccsc2c1. The highest BCUT2D eigenvalue weighted by Crippen LogP contribution is 2.24. The maximum Gasteiger partial charge on any atom is 0.245 e. The molecular weight excluding hydrogens is 296 g/mol. The summed E-state index contributed by atoms with van der Waals surface area (Å²) < 4.78 is 27.2. The van der Waals surface area contributed by atoms with Crippen molar-refractivity contribution in [1.29, 1.82) is 0 Å². The van der Waals surface area contributed by atoms with Gasteiger partial charge >= 0.3 is 0 Å². The lowest BCUT2D eigenvalue weighted by atomic mass is 10.3. The second kappa shape index (κ2) is 5.59. The summed E-state index contributed by atoms with van der Waals surface area (Å²) in [5, 5.41) is 1.86. The molecule has 0 spiro atoms. The molecule has 0 unspecified atom stereocenters. The third kappa shape index (κ3) is 2.89. The number of carbonyl (C=O) groups is 1. The van der Waals surface area contributed by atoms with Crippen molar-refractivity contribution in [3.05, 3.63) is 23.7 Å². The van der Waals surface area contributed by atoms with Gasteiger partial charge in [0.2, 0.25) is 10.0 Å². The highest BCUT2D eigenvalue weighted by Gasteiger charge is 2.28. The molecule has 0 amide bonds. The number of ketones is 1. The topological polar surface area (TPSA) is 67.3 Å². The molecule has 2 rings (SSSR count). The van der Waals surface area contributed by atoms with Crippen LogP contribution in [0.4, 0.5) is 0 Å². The summed E-state index contributed by atoms with van der Waals surface area (Å²) in [7, 11) is -3.71. The molecule has 0 radical (unpaired) electrons. The Kier molecular flexibility index (Phi) is 4.22. The van der Waals surface area contributed by atoms with Crippen LogP contribution in [0.25, 0.3) is 10.2 Å². The molecule has 0 bridgehead atoms. The van der Waals surface area contributed by atoms with Crippen LogP contribution in [0.2, 0.25) is 0 Å². The van der Waals surface area contributed by atoms with Crippen molar-refractivity contribution < 1.29 is 13.2 Å². The fourth-order valence-corrected chi connectivity index (χ4v) is 4.35. The molecule has 0 saturated heterocycles. The fraction of sp³-hybridized carbons (Fsp3) is 0.385. The second-order valence-electron chi connectivity index (χ2n) is 4.82. The van der Waals surface area contributed by atoms with Crippen LogP contribution in [-0.2, 0) is 14.8 Å². The largest absolute Gasteiger partial charge is 0.299 e. The molecule has 0 saturated carbocycles. The van der Waals surface area contributed by atoms with Crippen LogP contribution in [-0.4, -0.2) is 36.1 Å². The van der Waals surface area contributed by atoms with Gasteiger partial charge in [-0.1, -0.05) is 0 Å². The summed E-state index contributed by atoms with van der Waals surface area (Å²) in [5.74, 6) is -0.188. The first-order valence-corrected chi connectivity index (χ1v) is 8.49. The first-order valence-electron chi connectivity index (χ1n) is 6.17. The molecule has 5 nitrogen and oxygen atoms in total. The van der Waals surface area contributed by atoms with E-state index in [2.05, 4.69) is 4.98 Å². The molecule has 2 heterocycles. The predicted octanol–water partition coefficient (Wildman–Crippen LogP) is 2.28. The van der Waals surface area contributed by atoms with Gasteiger partial charge in [-0.05, 0) is 38.3 Å². The predicted molar refractivity (Wildman–Crippen MR) is 79.3 cm³/mol. The number of aromatic nitrogens is 1. The Hall–Kier alpha value is -1.31. The van der Waals surface area contributed by atoms with Crippen molar-refractivity contribution in [2.45, 2.75) is 31.7 Å². The summed E-state index contributed by atoms with van der Waals surface area (Å²) in [6.07, 6.45) is 1.35. The number of hydrogen-bond acceptors (Lipinski definition) is 5. The highest BCUT2D eigenvalue weighted by molar-refractivity contribution is 7.89. The van der Waals surface area contributed by atoms with Gasteiger partial charge < -0.3 is 0 Å². The maximum absolute atomic E-state index is 12.6. The van der Waals surface area contributed by atoms with Crippen molar-refractivity contribution in [2.75, 3.05) is 6.54 Å². The van der Waals surface area contributed by atoms with Crippen molar-refractivity contribution >= 4 is 37.4 Å². The van der Waals surface area contributed by atoms with E-state index >= 15 is 0 Å². The molecule has 0 aromatic carbocycles. The summed E-state index contributed by atoms with van der Waals surface area (Å²) in [6.45, 7) is 4.75. The lowest BCUT2D eigenvalue weighted by Crippen LogP contribution is -2.40. The zero-order chi connectivity index (χ0) is 14.9. The smallest absolute Gasteiger partial charge is 0.245 e. The zero-order valence-electron chi connectivity index (χ0n) is 11.5. The lowest BCUT2D eigenvalue weighted by Gasteiger charge is -2.24. The van der Waals surface area contributed by atoms with Crippen molar-refractivity contribution in [3.63, 3.8) is 0 Å². The number of carbonyl (C=O) groups excluding carboxylic acids is 1. The number of thiophene rings is 1. The van der Waals surface area contributed by atoms with Gasteiger partial charge in [-0.3, -0.25) is 9.78 Å². The van der Waals surface area contributed by atoms with Gasteiger partial charge in [0.15, 0.2) is 0 Å². The van der Waals surface area contributed by atoms with E-state index in [-0.39, 0.29) is 23.3 Å². The quantitative estimate of drug-likeness (QED) is 0.849. The minimum absolute atomic E-state index is 0.123. The van der Waals surface area contributed by atoms with Gasteiger partial charge in [0, 0.05) is 12.2 Å². The zero-order valence-corrected chi connectivity index (χ0v) is 13.2. The van der Waals surface area contributed by atoms with Crippen LogP contribution in [0.5, 0.6) is 0 Å². The summed E-state index contributed by atoms with van der Waals surface area (Å²) in [4.78, 5) is 15.6. The number of pyridine rings is 1. The van der Waals surface area contributed by atoms with Crippen LogP contribution in [0.3, 0.4) is 0 Å².